The molecule has 0 aromatic heterocycles. The highest BCUT2D eigenvalue weighted by molar-refractivity contribution is 6.35. The summed E-state index contributed by atoms with van der Waals surface area (Å²) >= 11 is 11.8. The van der Waals surface area contributed by atoms with Crippen molar-refractivity contribution in [3.8, 4) is 17.2 Å². The van der Waals surface area contributed by atoms with Gasteiger partial charge in [0.25, 0.3) is 0 Å². The second kappa shape index (κ2) is 6.46. The predicted molar refractivity (Wildman–Crippen MR) is 83.0 cm³/mol. The molecule has 2 aromatic carbocycles. The quantitative estimate of drug-likeness (QED) is 0.617. The van der Waals surface area contributed by atoms with Gasteiger partial charge in [0.1, 0.15) is 5.75 Å². The number of rotatable bonds is 4. The number of esters is 1. The summed E-state index contributed by atoms with van der Waals surface area (Å²) in [4.78, 5) is 11.9. The molecule has 1 aliphatic rings. The second-order valence-corrected chi connectivity index (χ2v) is 5.58. The van der Waals surface area contributed by atoms with Crippen molar-refractivity contribution in [1.82, 2.24) is 0 Å². The molecular weight excluding hydrogens is 327 g/mol. The third-order valence-electron chi connectivity index (χ3n) is 3.17. The zero-order valence-electron chi connectivity index (χ0n) is 11.5. The Labute approximate surface area is 137 Å². The van der Waals surface area contributed by atoms with Crippen molar-refractivity contribution in [2.24, 2.45) is 0 Å². The first-order valence-electron chi connectivity index (χ1n) is 6.66. The van der Waals surface area contributed by atoms with Gasteiger partial charge >= 0.3 is 5.97 Å². The van der Waals surface area contributed by atoms with E-state index in [1.807, 2.05) is 18.2 Å². The Morgan fingerprint density at radius 2 is 1.91 bits per heavy atom. The fraction of sp³-hybridized carbons (Fsp3) is 0.188. The van der Waals surface area contributed by atoms with E-state index in [1.165, 1.54) is 6.07 Å². The molecule has 114 valence electrons. The normalized spacial score (nSPS) is 12.3. The van der Waals surface area contributed by atoms with Gasteiger partial charge in [-0.2, -0.15) is 0 Å². The summed E-state index contributed by atoms with van der Waals surface area (Å²) in [6.45, 7) is 0.232. The van der Waals surface area contributed by atoms with Crippen LogP contribution >= 0.6 is 23.2 Å². The lowest BCUT2D eigenvalue weighted by atomic mass is 10.1. The van der Waals surface area contributed by atoms with E-state index in [4.69, 9.17) is 37.4 Å². The Bertz CT molecular complexity index is 715. The van der Waals surface area contributed by atoms with Crippen LogP contribution in [-0.4, -0.2) is 12.8 Å². The van der Waals surface area contributed by atoms with Gasteiger partial charge in [-0.3, -0.25) is 4.79 Å². The highest BCUT2D eigenvalue weighted by Gasteiger charge is 2.14. The molecule has 0 radical (unpaired) electrons. The SMILES string of the molecule is O=C(CCc1ccc2c(c1)OCO2)Oc1ccc(Cl)cc1Cl. The number of benzene rings is 2. The Balaban J connectivity index is 1.58. The molecule has 3 rings (SSSR count). The van der Waals surface area contributed by atoms with Gasteiger partial charge in [-0.25, -0.2) is 0 Å². The topological polar surface area (TPSA) is 44.8 Å². The lowest BCUT2D eigenvalue weighted by Gasteiger charge is -2.07. The molecule has 1 aliphatic heterocycles. The van der Waals surface area contributed by atoms with Crippen LogP contribution in [0.3, 0.4) is 0 Å². The largest absolute Gasteiger partial charge is 0.454 e. The van der Waals surface area contributed by atoms with Crippen LogP contribution in [0.2, 0.25) is 10.0 Å². The van der Waals surface area contributed by atoms with Gasteiger partial charge in [-0.15, -0.1) is 0 Å². The fourth-order valence-electron chi connectivity index (χ4n) is 2.07. The van der Waals surface area contributed by atoms with Crippen LogP contribution in [0.5, 0.6) is 17.2 Å². The lowest BCUT2D eigenvalue weighted by molar-refractivity contribution is -0.134. The molecule has 1 heterocycles. The first-order valence-corrected chi connectivity index (χ1v) is 7.42. The molecule has 0 saturated carbocycles. The van der Waals surface area contributed by atoms with E-state index in [0.717, 1.165) is 11.3 Å². The smallest absolute Gasteiger partial charge is 0.311 e. The predicted octanol–water partition coefficient (Wildman–Crippen LogP) is 4.26. The average Bonchev–Trinajstić information content (AvgIpc) is 2.95. The summed E-state index contributed by atoms with van der Waals surface area (Å²) in [7, 11) is 0. The van der Waals surface area contributed by atoms with Crippen LogP contribution in [0.15, 0.2) is 36.4 Å². The van der Waals surface area contributed by atoms with Crippen molar-refractivity contribution in [2.75, 3.05) is 6.79 Å². The van der Waals surface area contributed by atoms with Crippen LogP contribution in [0.1, 0.15) is 12.0 Å². The van der Waals surface area contributed by atoms with Gasteiger partial charge in [-0.05, 0) is 42.3 Å². The zero-order valence-corrected chi connectivity index (χ0v) is 13.0. The number of hydrogen-bond donors (Lipinski definition) is 0. The van der Waals surface area contributed by atoms with Crippen LogP contribution in [-0.2, 0) is 11.2 Å². The van der Waals surface area contributed by atoms with E-state index in [9.17, 15) is 4.79 Å². The van der Waals surface area contributed by atoms with Gasteiger partial charge in [0.15, 0.2) is 11.5 Å². The maximum atomic E-state index is 11.9. The van der Waals surface area contributed by atoms with Crippen molar-refractivity contribution < 1.29 is 19.0 Å². The third kappa shape index (κ3) is 3.46. The summed E-state index contributed by atoms with van der Waals surface area (Å²) in [6.07, 6.45) is 0.777. The molecule has 0 fully saturated rings. The van der Waals surface area contributed by atoms with E-state index in [0.29, 0.717) is 28.0 Å². The zero-order chi connectivity index (χ0) is 15.5. The molecule has 0 N–H and O–H groups in total. The molecule has 2 aromatic rings. The first-order chi connectivity index (χ1) is 10.6. The molecule has 0 atom stereocenters. The first kappa shape index (κ1) is 15.0. The Kier molecular flexibility index (Phi) is 4.41. The van der Waals surface area contributed by atoms with Gasteiger partial charge in [0.05, 0.1) is 5.02 Å². The Hall–Kier alpha value is -1.91. The summed E-state index contributed by atoms with van der Waals surface area (Å²) in [5.41, 5.74) is 0.975. The van der Waals surface area contributed by atoms with Crippen LogP contribution < -0.4 is 14.2 Å². The fourth-order valence-corrected chi connectivity index (χ4v) is 2.52. The molecule has 0 amide bonds. The van der Waals surface area contributed by atoms with E-state index >= 15 is 0 Å². The monoisotopic (exact) mass is 338 g/mol. The maximum absolute atomic E-state index is 11.9. The van der Waals surface area contributed by atoms with Crippen molar-refractivity contribution in [3.05, 3.63) is 52.0 Å². The van der Waals surface area contributed by atoms with Crippen LogP contribution in [0, 0.1) is 0 Å². The lowest BCUT2D eigenvalue weighted by Crippen LogP contribution is -2.09. The molecule has 0 spiro atoms. The number of carbonyl (C=O) groups is 1. The Morgan fingerprint density at radius 1 is 1.09 bits per heavy atom. The highest BCUT2D eigenvalue weighted by Crippen LogP contribution is 2.33. The standard InChI is InChI=1S/C16H12Cl2O4/c17-11-3-5-13(12(18)8-11)22-16(19)6-2-10-1-4-14-15(7-10)21-9-20-14/h1,3-5,7-8H,2,6,9H2. The number of hydrogen-bond acceptors (Lipinski definition) is 4. The minimum atomic E-state index is -0.359. The summed E-state index contributed by atoms with van der Waals surface area (Å²) in [5.74, 6) is 1.37. The number of ether oxygens (including phenoxy) is 3. The van der Waals surface area contributed by atoms with Crippen molar-refractivity contribution in [3.63, 3.8) is 0 Å². The number of aryl methyl sites for hydroxylation is 1. The molecule has 22 heavy (non-hydrogen) atoms. The van der Waals surface area contributed by atoms with E-state index in [2.05, 4.69) is 0 Å². The number of halogens is 2. The minimum Gasteiger partial charge on any atom is -0.454 e. The molecular formula is C16H12Cl2O4. The molecule has 0 saturated heterocycles. The van der Waals surface area contributed by atoms with Gasteiger partial charge in [0, 0.05) is 11.4 Å². The molecule has 0 unspecified atom stereocenters. The maximum Gasteiger partial charge on any atom is 0.311 e. The minimum absolute atomic E-state index is 0.232. The molecule has 6 heteroatoms. The van der Waals surface area contributed by atoms with Crippen LogP contribution in [0.25, 0.3) is 0 Å². The highest BCUT2D eigenvalue weighted by atomic mass is 35.5. The van der Waals surface area contributed by atoms with Crippen LogP contribution in [0.4, 0.5) is 0 Å². The summed E-state index contributed by atoms with van der Waals surface area (Å²) in [5, 5.41) is 0.800. The number of carbonyl (C=O) groups excluding carboxylic acids is 1. The van der Waals surface area contributed by atoms with Crippen molar-refractivity contribution in [2.45, 2.75) is 12.8 Å². The van der Waals surface area contributed by atoms with Crippen molar-refractivity contribution >= 4 is 29.2 Å². The number of fused-ring (bicyclic) bond motifs is 1. The summed E-state index contributed by atoms with van der Waals surface area (Å²) < 4.78 is 15.8. The summed E-state index contributed by atoms with van der Waals surface area (Å²) in [6, 6.07) is 10.3. The molecule has 4 nitrogen and oxygen atoms in total. The Morgan fingerprint density at radius 3 is 2.73 bits per heavy atom. The van der Waals surface area contributed by atoms with Gasteiger partial charge < -0.3 is 14.2 Å². The third-order valence-corrected chi connectivity index (χ3v) is 3.70. The molecule has 0 bridgehead atoms. The van der Waals surface area contributed by atoms with E-state index in [1.54, 1.807) is 12.1 Å². The van der Waals surface area contributed by atoms with Crippen molar-refractivity contribution in [1.29, 1.82) is 0 Å². The molecule has 0 aliphatic carbocycles. The van der Waals surface area contributed by atoms with Gasteiger partial charge in [-0.1, -0.05) is 29.3 Å². The second-order valence-electron chi connectivity index (χ2n) is 4.74. The average molecular weight is 339 g/mol. The van der Waals surface area contributed by atoms with E-state index in [-0.39, 0.29) is 19.2 Å². The van der Waals surface area contributed by atoms with Gasteiger partial charge in [0.2, 0.25) is 6.79 Å². The van der Waals surface area contributed by atoms with E-state index < -0.39 is 0 Å².